The van der Waals surface area contributed by atoms with Gasteiger partial charge in [0.1, 0.15) is 11.3 Å². The van der Waals surface area contributed by atoms with E-state index in [2.05, 4.69) is 15.4 Å². The molecule has 0 radical (unpaired) electrons. The van der Waals surface area contributed by atoms with E-state index in [-0.39, 0.29) is 5.15 Å². The highest BCUT2D eigenvalue weighted by atomic mass is 35.5. The molecule has 0 fully saturated rings. The molecule has 21 heavy (non-hydrogen) atoms. The van der Waals surface area contributed by atoms with Gasteiger partial charge in [0.2, 0.25) is 0 Å². The zero-order valence-electron chi connectivity index (χ0n) is 11.7. The maximum Gasteiger partial charge on any atom is 0.412 e. The number of hydrogen-bond acceptors (Lipinski definition) is 4. The number of amides is 1. The van der Waals surface area contributed by atoms with Gasteiger partial charge < -0.3 is 4.74 Å². The van der Waals surface area contributed by atoms with Gasteiger partial charge in [0, 0.05) is 6.20 Å². The quantitative estimate of drug-likeness (QED) is 0.907. The Labute approximate surface area is 132 Å². The first-order valence-corrected chi connectivity index (χ1v) is 6.86. The minimum atomic E-state index is -0.604. The number of hydrogen-bond donors (Lipinski definition) is 1. The molecular formula is C13H14Cl2N4O2. The van der Waals surface area contributed by atoms with Crippen LogP contribution >= 0.6 is 23.2 Å². The van der Waals surface area contributed by atoms with Crippen LogP contribution in [0.15, 0.2) is 24.7 Å². The number of rotatable bonds is 2. The molecule has 2 rings (SSSR count). The number of carbonyl (C=O) groups is 1. The van der Waals surface area contributed by atoms with E-state index in [9.17, 15) is 4.79 Å². The van der Waals surface area contributed by atoms with Crippen LogP contribution in [0.2, 0.25) is 10.2 Å². The third-order valence-corrected chi connectivity index (χ3v) is 2.75. The maximum atomic E-state index is 11.7. The van der Waals surface area contributed by atoms with Gasteiger partial charge in [0.25, 0.3) is 0 Å². The highest BCUT2D eigenvalue weighted by Gasteiger charge is 2.18. The fourth-order valence-electron chi connectivity index (χ4n) is 1.51. The first-order chi connectivity index (χ1) is 9.74. The van der Waals surface area contributed by atoms with E-state index >= 15 is 0 Å². The fourth-order valence-corrected chi connectivity index (χ4v) is 1.85. The second-order valence-electron chi connectivity index (χ2n) is 5.27. The smallest absolute Gasteiger partial charge is 0.412 e. The first-order valence-electron chi connectivity index (χ1n) is 6.11. The Kier molecular flexibility index (Phi) is 4.39. The summed E-state index contributed by atoms with van der Waals surface area (Å²) in [6.07, 6.45) is 4.04. The van der Waals surface area contributed by atoms with Crippen molar-refractivity contribution in [1.29, 1.82) is 0 Å². The molecule has 0 aliphatic rings. The molecule has 0 spiro atoms. The van der Waals surface area contributed by atoms with Crippen molar-refractivity contribution in [2.45, 2.75) is 26.4 Å². The summed E-state index contributed by atoms with van der Waals surface area (Å²) in [7, 11) is 0. The third kappa shape index (κ3) is 4.34. The van der Waals surface area contributed by atoms with Crippen molar-refractivity contribution in [2.24, 2.45) is 0 Å². The number of anilines is 1. The van der Waals surface area contributed by atoms with Crippen molar-refractivity contribution in [1.82, 2.24) is 14.8 Å². The van der Waals surface area contributed by atoms with Crippen LogP contribution in [0.4, 0.5) is 10.5 Å². The summed E-state index contributed by atoms with van der Waals surface area (Å²) in [5.74, 6) is 0. The Morgan fingerprint density at radius 3 is 2.67 bits per heavy atom. The van der Waals surface area contributed by atoms with Crippen LogP contribution in [0.1, 0.15) is 20.8 Å². The van der Waals surface area contributed by atoms with Crippen LogP contribution in [0.25, 0.3) is 5.69 Å². The SMILES string of the molecule is CC(C)(C)OC(=O)Nc1cn(-c2cncc(Cl)c2)nc1Cl. The minimum absolute atomic E-state index is 0.140. The second-order valence-corrected chi connectivity index (χ2v) is 6.06. The number of pyridine rings is 1. The lowest BCUT2D eigenvalue weighted by Gasteiger charge is -2.19. The molecule has 1 N–H and O–H groups in total. The lowest BCUT2D eigenvalue weighted by molar-refractivity contribution is 0.0636. The van der Waals surface area contributed by atoms with E-state index < -0.39 is 11.7 Å². The van der Waals surface area contributed by atoms with Crippen molar-refractivity contribution in [2.75, 3.05) is 5.32 Å². The van der Waals surface area contributed by atoms with E-state index in [0.717, 1.165) is 0 Å². The van der Waals surface area contributed by atoms with E-state index in [1.54, 1.807) is 39.2 Å². The molecule has 2 heterocycles. The molecule has 0 saturated carbocycles. The molecule has 6 nitrogen and oxygen atoms in total. The molecule has 0 aliphatic carbocycles. The summed E-state index contributed by atoms with van der Waals surface area (Å²) >= 11 is 11.9. The number of ether oxygens (including phenoxy) is 1. The molecule has 112 valence electrons. The lowest BCUT2D eigenvalue weighted by Crippen LogP contribution is -2.27. The molecule has 0 atom stereocenters. The number of carbonyl (C=O) groups excluding carboxylic acids is 1. The first kappa shape index (κ1) is 15.6. The average Bonchev–Trinajstić information content (AvgIpc) is 2.68. The molecule has 0 aliphatic heterocycles. The molecule has 0 aromatic carbocycles. The summed E-state index contributed by atoms with van der Waals surface area (Å²) in [5.41, 5.74) is 0.371. The Morgan fingerprint density at radius 1 is 1.33 bits per heavy atom. The highest BCUT2D eigenvalue weighted by Crippen LogP contribution is 2.23. The Hall–Kier alpha value is -1.79. The third-order valence-electron chi connectivity index (χ3n) is 2.26. The van der Waals surface area contributed by atoms with Gasteiger partial charge in [-0.25, -0.2) is 9.48 Å². The topological polar surface area (TPSA) is 69.0 Å². The molecule has 0 unspecified atom stereocenters. The average molecular weight is 329 g/mol. The van der Waals surface area contributed by atoms with Crippen LogP contribution in [0.3, 0.4) is 0 Å². The highest BCUT2D eigenvalue weighted by molar-refractivity contribution is 6.32. The van der Waals surface area contributed by atoms with Crippen LogP contribution in [-0.4, -0.2) is 26.5 Å². The molecular weight excluding hydrogens is 315 g/mol. The zero-order chi connectivity index (χ0) is 15.6. The Balaban J connectivity index is 2.18. The number of halogens is 2. The van der Waals surface area contributed by atoms with Gasteiger partial charge in [0.05, 0.1) is 23.1 Å². The largest absolute Gasteiger partial charge is 0.444 e. The summed E-state index contributed by atoms with van der Waals surface area (Å²) in [6.45, 7) is 5.32. The van der Waals surface area contributed by atoms with Crippen molar-refractivity contribution < 1.29 is 9.53 Å². The van der Waals surface area contributed by atoms with Gasteiger partial charge in [-0.3, -0.25) is 10.3 Å². The molecule has 8 heteroatoms. The maximum absolute atomic E-state index is 11.7. The summed E-state index contributed by atoms with van der Waals surface area (Å²) in [4.78, 5) is 15.7. The van der Waals surface area contributed by atoms with Crippen LogP contribution in [0, 0.1) is 0 Å². The standard InChI is InChI=1S/C13H14Cl2N4O2/c1-13(2,3)21-12(20)17-10-7-19(18-11(10)15)9-4-8(14)5-16-6-9/h4-7H,1-3H3,(H,17,20). The van der Waals surface area contributed by atoms with Gasteiger partial charge in [0.15, 0.2) is 5.15 Å². The Morgan fingerprint density at radius 2 is 2.05 bits per heavy atom. The predicted octanol–water partition coefficient (Wildman–Crippen LogP) is 3.92. The van der Waals surface area contributed by atoms with E-state index in [1.807, 2.05) is 0 Å². The number of nitrogens with one attached hydrogen (secondary N) is 1. The molecule has 0 saturated heterocycles. The van der Waals surface area contributed by atoms with Gasteiger partial charge in [-0.15, -0.1) is 0 Å². The molecule has 1 amide bonds. The molecule has 2 aromatic heterocycles. The van der Waals surface area contributed by atoms with Gasteiger partial charge in [-0.2, -0.15) is 5.10 Å². The van der Waals surface area contributed by atoms with E-state index in [4.69, 9.17) is 27.9 Å². The van der Waals surface area contributed by atoms with Crippen molar-refractivity contribution in [3.05, 3.63) is 34.8 Å². The van der Waals surface area contributed by atoms with Crippen molar-refractivity contribution in [3.63, 3.8) is 0 Å². The normalized spacial score (nSPS) is 11.3. The molecule has 2 aromatic rings. The van der Waals surface area contributed by atoms with Gasteiger partial charge in [-0.05, 0) is 26.8 Å². The molecule has 0 bridgehead atoms. The number of nitrogens with zero attached hydrogens (tertiary/aromatic N) is 3. The minimum Gasteiger partial charge on any atom is -0.444 e. The fraction of sp³-hybridized carbons (Fsp3) is 0.308. The summed E-state index contributed by atoms with van der Waals surface area (Å²) < 4.78 is 6.62. The zero-order valence-corrected chi connectivity index (χ0v) is 13.2. The predicted molar refractivity (Wildman–Crippen MR) is 81.2 cm³/mol. The van der Waals surface area contributed by atoms with Crippen LogP contribution in [0.5, 0.6) is 0 Å². The van der Waals surface area contributed by atoms with E-state index in [1.165, 1.54) is 10.9 Å². The van der Waals surface area contributed by atoms with Crippen LogP contribution < -0.4 is 5.32 Å². The van der Waals surface area contributed by atoms with Crippen molar-refractivity contribution >= 4 is 35.0 Å². The second kappa shape index (κ2) is 5.91. The van der Waals surface area contributed by atoms with Crippen LogP contribution in [-0.2, 0) is 4.74 Å². The van der Waals surface area contributed by atoms with Gasteiger partial charge in [-0.1, -0.05) is 23.2 Å². The van der Waals surface area contributed by atoms with Gasteiger partial charge >= 0.3 is 6.09 Å². The summed E-state index contributed by atoms with van der Waals surface area (Å²) in [6, 6.07) is 1.68. The lowest BCUT2D eigenvalue weighted by atomic mass is 10.2. The Bertz CT molecular complexity index is 664. The number of aromatic nitrogens is 3. The van der Waals surface area contributed by atoms with E-state index in [0.29, 0.717) is 16.4 Å². The van der Waals surface area contributed by atoms with Crippen molar-refractivity contribution in [3.8, 4) is 5.69 Å². The monoisotopic (exact) mass is 328 g/mol. The summed E-state index contributed by atoms with van der Waals surface area (Å²) in [5, 5.41) is 7.24.